The molecule has 3 heterocycles. The van der Waals surface area contributed by atoms with E-state index < -0.39 is 0 Å². The van der Waals surface area contributed by atoms with Crippen molar-refractivity contribution >= 4 is 28.8 Å². The maximum atomic E-state index is 12.8. The first kappa shape index (κ1) is 14.6. The number of amides is 1. The van der Waals surface area contributed by atoms with Gasteiger partial charge in [-0.15, -0.1) is 11.3 Å². The molecule has 0 aliphatic carbocycles. The fourth-order valence-electron chi connectivity index (χ4n) is 2.72. The Kier molecular flexibility index (Phi) is 4.06. The van der Waals surface area contributed by atoms with Crippen molar-refractivity contribution in [3.8, 4) is 10.4 Å². The van der Waals surface area contributed by atoms with Crippen molar-refractivity contribution in [2.24, 2.45) is 0 Å². The molecule has 6 heteroatoms. The van der Waals surface area contributed by atoms with Crippen LogP contribution in [0.2, 0.25) is 4.34 Å². The number of morpholine rings is 1. The molecule has 0 spiro atoms. The van der Waals surface area contributed by atoms with E-state index in [9.17, 15) is 4.79 Å². The van der Waals surface area contributed by atoms with E-state index in [-0.39, 0.29) is 18.1 Å². The molecule has 0 unspecified atom stereocenters. The lowest BCUT2D eigenvalue weighted by atomic mass is 10.1. The summed E-state index contributed by atoms with van der Waals surface area (Å²) in [5.74, 6) is 0.0396. The van der Waals surface area contributed by atoms with Gasteiger partial charge in [0, 0.05) is 35.9 Å². The molecule has 1 N–H and O–H groups in total. The Morgan fingerprint density at radius 2 is 2.05 bits per heavy atom. The summed E-state index contributed by atoms with van der Waals surface area (Å²) in [7, 11) is 0. The Labute approximate surface area is 132 Å². The zero-order chi connectivity index (χ0) is 15.0. The standard InChI is InChI=1S/C15H17ClN2O2S/c1-9-7-18(8-10(2)20-9)15(19)12-6-17-5-11(12)13-3-4-14(16)21-13/h3-6,9-10,17H,7-8H2,1-2H3/t9-,10-/m1/s1. The summed E-state index contributed by atoms with van der Waals surface area (Å²) in [5, 5.41) is 0. The Morgan fingerprint density at radius 3 is 2.67 bits per heavy atom. The summed E-state index contributed by atoms with van der Waals surface area (Å²) < 4.78 is 6.41. The Hall–Kier alpha value is -1.30. The molecule has 112 valence electrons. The van der Waals surface area contributed by atoms with Gasteiger partial charge < -0.3 is 14.6 Å². The number of hydrogen-bond donors (Lipinski definition) is 1. The monoisotopic (exact) mass is 324 g/mol. The minimum Gasteiger partial charge on any atom is -0.372 e. The summed E-state index contributed by atoms with van der Waals surface area (Å²) in [5.41, 5.74) is 1.60. The third-order valence-corrected chi connectivity index (χ3v) is 4.79. The fourth-order valence-corrected chi connectivity index (χ4v) is 3.79. The molecule has 1 fully saturated rings. The van der Waals surface area contributed by atoms with Crippen LogP contribution in [0.15, 0.2) is 24.5 Å². The van der Waals surface area contributed by atoms with Crippen molar-refractivity contribution in [2.45, 2.75) is 26.1 Å². The van der Waals surface area contributed by atoms with Crippen LogP contribution in [0.4, 0.5) is 0 Å². The lowest BCUT2D eigenvalue weighted by Crippen LogP contribution is -2.48. The van der Waals surface area contributed by atoms with E-state index in [1.165, 1.54) is 11.3 Å². The highest BCUT2D eigenvalue weighted by atomic mass is 35.5. The number of carbonyl (C=O) groups excluding carboxylic acids is 1. The van der Waals surface area contributed by atoms with E-state index in [1.807, 2.05) is 37.1 Å². The van der Waals surface area contributed by atoms with Gasteiger partial charge >= 0.3 is 0 Å². The average Bonchev–Trinajstić information content (AvgIpc) is 3.04. The molecule has 3 rings (SSSR count). The van der Waals surface area contributed by atoms with Gasteiger partial charge in [-0.25, -0.2) is 0 Å². The predicted octanol–water partition coefficient (Wildman–Crippen LogP) is 3.65. The predicted molar refractivity (Wildman–Crippen MR) is 85.0 cm³/mol. The third kappa shape index (κ3) is 3.00. The van der Waals surface area contributed by atoms with Crippen LogP contribution in [0.25, 0.3) is 10.4 Å². The van der Waals surface area contributed by atoms with Gasteiger partial charge in [0.2, 0.25) is 0 Å². The van der Waals surface area contributed by atoms with Crippen LogP contribution in [-0.4, -0.2) is 41.1 Å². The van der Waals surface area contributed by atoms with Gasteiger partial charge in [0.15, 0.2) is 0 Å². The van der Waals surface area contributed by atoms with Gasteiger partial charge in [0.25, 0.3) is 5.91 Å². The van der Waals surface area contributed by atoms with Crippen LogP contribution in [0.5, 0.6) is 0 Å². The van der Waals surface area contributed by atoms with E-state index in [4.69, 9.17) is 16.3 Å². The van der Waals surface area contributed by atoms with Gasteiger partial charge in [0.1, 0.15) is 0 Å². The average molecular weight is 325 g/mol. The summed E-state index contributed by atoms with van der Waals surface area (Å²) in [4.78, 5) is 18.7. The van der Waals surface area contributed by atoms with Crippen LogP contribution >= 0.6 is 22.9 Å². The molecule has 2 aromatic rings. The molecule has 1 aliphatic heterocycles. The lowest BCUT2D eigenvalue weighted by molar-refractivity contribution is -0.0585. The molecule has 2 atom stereocenters. The van der Waals surface area contributed by atoms with Crippen molar-refractivity contribution in [3.63, 3.8) is 0 Å². The van der Waals surface area contributed by atoms with Crippen LogP contribution in [0.1, 0.15) is 24.2 Å². The summed E-state index contributed by atoms with van der Waals surface area (Å²) in [6, 6.07) is 3.79. The first-order chi connectivity index (χ1) is 10.0. The van der Waals surface area contributed by atoms with Crippen molar-refractivity contribution in [1.29, 1.82) is 0 Å². The minimum absolute atomic E-state index is 0.0396. The normalized spacial score (nSPS) is 22.5. The first-order valence-corrected chi connectivity index (χ1v) is 8.11. The summed E-state index contributed by atoms with van der Waals surface area (Å²) >= 11 is 7.47. The zero-order valence-electron chi connectivity index (χ0n) is 11.9. The van der Waals surface area contributed by atoms with Crippen LogP contribution in [0.3, 0.4) is 0 Å². The maximum absolute atomic E-state index is 12.8. The van der Waals surface area contributed by atoms with E-state index in [0.29, 0.717) is 18.7 Å². The molecule has 1 saturated heterocycles. The number of hydrogen-bond acceptors (Lipinski definition) is 3. The summed E-state index contributed by atoms with van der Waals surface area (Å²) in [6.45, 7) is 5.23. The van der Waals surface area contributed by atoms with E-state index in [1.54, 1.807) is 6.20 Å². The molecule has 0 saturated carbocycles. The van der Waals surface area contributed by atoms with Gasteiger partial charge in [0.05, 0.1) is 22.1 Å². The van der Waals surface area contributed by atoms with Crippen LogP contribution in [-0.2, 0) is 4.74 Å². The van der Waals surface area contributed by atoms with E-state index in [0.717, 1.165) is 14.8 Å². The Bertz CT molecular complexity index is 642. The molecule has 0 bridgehead atoms. The zero-order valence-corrected chi connectivity index (χ0v) is 13.5. The number of thiophene rings is 1. The topological polar surface area (TPSA) is 45.3 Å². The van der Waals surface area contributed by atoms with Gasteiger partial charge in [-0.1, -0.05) is 11.6 Å². The maximum Gasteiger partial charge on any atom is 0.256 e. The number of nitrogens with zero attached hydrogens (tertiary/aromatic N) is 1. The second-order valence-electron chi connectivity index (χ2n) is 5.35. The molecule has 2 aromatic heterocycles. The molecule has 21 heavy (non-hydrogen) atoms. The number of nitrogens with one attached hydrogen (secondary N) is 1. The number of carbonyl (C=O) groups is 1. The molecular formula is C15H17ClN2O2S. The Balaban J connectivity index is 1.87. The van der Waals surface area contributed by atoms with Crippen molar-refractivity contribution in [1.82, 2.24) is 9.88 Å². The van der Waals surface area contributed by atoms with Crippen molar-refractivity contribution in [3.05, 3.63) is 34.4 Å². The van der Waals surface area contributed by atoms with E-state index in [2.05, 4.69) is 4.98 Å². The van der Waals surface area contributed by atoms with Crippen molar-refractivity contribution < 1.29 is 9.53 Å². The number of ether oxygens (including phenoxy) is 1. The molecule has 1 aliphatic rings. The van der Waals surface area contributed by atoms with Crippen LogP contribution < -0.4 is 0 Å². The molecule has 0 radical (unpaired) electrons. The largest absolute Gasteiger partial charge is 0.372 e. The number of halogens is 1. The number of H-pyrrole nitrogens is 1. The number of rotatable bonds is 2. The molecule has 1 amide bonds. The summed E-state index contributed by atoms with van der Waals surface area (Å²) in [6.07, 6.45) is 3.74. The van der Waals surface area contributed by atoms with Gasteiger partial charge in [-0.05, 0) is 26.0 Å². The van der Waals surface area contributed by atoms with Crippen LogP contribution in [0, 0.1) is 0 Å². The molecule has 4 nitrogen and oxygen atoms in total. The second kappa shape index (κ2) is 5.83. The highest BCUT2D eigenvalue weighted by molar-refractivity contribution is 7.19. The smallest absolute Gasteiger partial charge is 0.256 e. The minimum atomic E-state index is 0.0396. The second-order valence-corrected chi connectivity index (χ2v) is 7.07. The number of aromatic amines is 1. The number of aromatic nitrogens is 1. The lowest BCUT2D eigenvalue weighted by Gasteiger charge is -2.35. The van der Waals surface area contributed by atoms with Gasteiger partial charge in [-0.2, -0.15) is 0 Å². The van der Waals surface area contributed by atoms with Gasteiger partial charge in [-0.3, -0.25) is 4.79 Å². The Morgan fingerprint density at radius 1 is 1.33 bits per heavy atom. The molecular weight excluding hydrogens is 308 g/mol. The highest BCUT2D eigenvalue weighted by Gasteiger charge is 2.28. The van der Waals surface area contributed by atoms with Crippen molar-refractivity contribution in [2.75, 3.05) is 13.1 Å². The third-order valence-electron chi connectivity index (χ3n) is 3.52. The molecule has 0 aromatic carbocycles. The quantitative estimate of drug-likeness (QED) is 0.916. The fraction of sp³-hybridized carbons (Fsp3) is 0.400. The van der Waals surface area contributed by atoms with E-state index >= 15 is 0 Å². The SMILES string of the molecule is C[C@@H]1CN(C(=O)c2c[nH]cc2-c2ccc(Cl)s2)C[C@@H](C)O1. The highest BCUT2D eigenvalue weighted by Crippen LogP contribution is 2.33. The first-order valence-electron chi connectivity index (χ1n) is 6.92.